The van der Waals surface area contributed by atoms with Crippen LogP contribution in [0.2, 0.25) is 0 Å². The van der Waals surface area contributed by atoms with Crippen LogP contribution in [0.1, 0.15) is 78.6 Å². The molecule has 1 heterocycles. The van der Waals surface area contributed by atoms with Crippen LogP contribution in [0, 0.1) is 0 Å². The largest absolute Gasteiger partial charge is 0.481 e. The van der Waals surface area contributed by atoms with Crippen LogP contribution in [0.15, 0.2) is 4.99 Å². The summed E-state index contributed by atoms with van der Waals surface area (Å²) in [5.41, 5.74) is 21.6. The van der Waals surface area contributed by atoms with Crippen molar-refractivity contribution in [1.82, 2.24) is 52.8 Å². The van der Waals surface area contributed by atoms with Crippen molar-refractivity contribution in [3.8, 4) is 0 Å². The van der Waals surface area contributed by atoms with Gasteiger partial charge in [-0.2, -0.15) is 0 Å². The number of nitrogens with two attached hydrogens (primary N) is 4. The summed E-state index contributed by atoms with van der Waals surface area (Å²) in [4.78, 5) is 194. The number of aliphatic hydroxyl groups excluding tert-OH is 2. The van der Waals surface area contributed by atoms with E-state index in [0.717, 1.165) is 25.7 Å². The Balaban J connectivity index is 3.18. The minimum absolute atomic E-state index is 0.00345. The molecule has 0 aromatic carbocycles. The maximum absolute atomic E-state index is 13.7. The van der Waals surface area contributed by atoms with Crippen molar-refractivity contribution in [2.45, 2.75) is 145 Å². The van der Waals surface area contributed by atoms with Crippen molar-refractivity contribution in [3.63, 3.8) is 0 Å². The molecule has 442 valence electrons. The van der Waals surface area contributed by atoms with E-state index in [4.69, 9.17) is 33.1 Å². The van der Waals surface area contributed by atoms with E-state index < -0.39 is 201 Å². The maximum atomic E-state index is 13.7. The highest BCUT2D eigenvalue weighted by atomic mass is 16.4. The molecule has 11 atom stereocenters. The van der Waals surface area contributed by atoms with Gasteiger partial charge in [-0.25, -0.2) is 0 Å². The number of likely N-dealkylation sites (tertiary alicyclic amines) is 1. The minimum Gasteiger partial charge on any atom is -0.481 e. The van der Waals surface area contributed by atoms with Gasteiger partial charge in [-0.3, -0.25) is 76.9 Å². The molecule has 0 radical (unpaired) electrons. The zero-order chi connectivity index (χ0) is 60.4. The smallest absolute Gasteiger partial charge is 0.325 e. The first kappa shape index (κ1) is 68.2. The maximum Gasteiger partial charge on any atom is 0.325 e. The van der Waals surface area contributed by atoms with Gasteiger partial charge in [-0.15, -0.1) is 0 Å². The van der Waals surface area contributed by atoms with E-state index in [1.54, 1.807) is 0 Å². The molecule has 1 aliphatic heterocycles. The van der Waals surface area contributed by atoms with Crippen LogP contribution in [-0.2, 0) is 71.9 Å². The monoisotopic (exact) mass is 1130 g/mol. The second kappa shape index (κ2) is 33.4. The Bertz CT molecular complexity index is 2310. The first-order valence-electron chi connectivity index (χ1n) is 24.1. The van der Waals surface area contributed by atoms with Crippen LogP contribution in [0.25, 0.3) is 0 Å². The van der Waals surface area contributed by atoms with Gasteiger partial charge >= 0.3 is 23.9 Å². The summed E-state index contributed by atoms with van der Waals surface area (Å²) in [7, 11) is 0. The summed E-state index contributed by atoms with van der Waals surface area (Å²) >= 11 is 0. The minimum atomic E-state index is -2.03. The molecule has 1 saturated heterocycles. The van der Waals surface area contributed by atoms with Crippen molar-refractivity contribution in [2.75, 3.05) is 26.2 Å². The zero-order valence-corrected chi connectivity index (χ0v) is 43.1. The molecule has 11 amide bonds. The normalized spacial score (nSPS) is 16.5. The molecule has 1 rings (SSSR count). The lowest BCUT2D eigenvalue weighted by Gasteiger charge is -2.30. The van der Waals surface area contributed by atoms with Crippen molar-refractivity contribution in [1.29, 1.82) is 0 Å². The summed E-state index contributed by atoms with van der Waals surface area (Å²) in [6, 6.07) is -16.8. The molecule has 79 heavy (non-hydrogen) atoms. The molecular weight excluding hydrogens is 1060 g/mol. The van der Waals surface area contributed by atoms with Gasteiger partial charge in [0.1, 0.15) is 54.4 Å². The Hall–Kier alpha value is -8.80. The molecule has 0 spiro atoms. The first-order chi connectivity index (χ1) is 36.8. The van der Waals surface area contributed by atoms with E-state index in [9.17, 15) is 92.3 Å². The third-order valence-electron chi connectivity index (χ3n) is 11.3. The molecule has 23 N–H and O–H groups in total. The number of amides is 11. The number of nitrogens with zero attached hydrogens (tertiary/aromatic N) is 2. The topological polar surface area (TPSA) is 605 Å². The number of nitrogens with one attached hydrogen (secondary N) is 9. The molecule has 0 saturated carbocycles. The molecular formula is C43H69N15O21. The van der Waals surface area contributed by atoms with E-state index in [1.165, 1.54) is 0 Å². The van der Waals surface area contributed by atoms with E-state index in [-0.39, 0.29) is 44.7 Å². The zero-order valence-electron chi connectivity index (χ0n) is 43.1. The van der Waals surface area contributed by atoms with Crippen LogP contribution in [-0.4, -0.2) is 223 Å². The number of aliphatic imine (C=N–C) groups is 1. The highest BCUT2D eigenvalue weighted by molar-refractivity contribution is 6.00. The molecule has 0 aliphatic carbocycles. The Morgan fingerprint density at radius 3 is 1.70 bits per heavy atom. The Morgan fingerprint density at radius 2 is 1.15 bits per heavy atom. The Kier molecular flexibility index (Phi) is 28.8. The third-order valence-corrected chi connectivity index (χ3v) is 11.3. The molecule has 36 nitrogen and oxygen atoms in total. The van der Waals surface area contributed by atoms with Crippen LogP contribution < -0.4 is 70.8 Å². The summed E-state index contributed by atoms with van der Waals surface area (Å²) in [6.45, 7) is 0.879. The van der Waals surface area contributed by atoms with E-state index in [0.29, 0.717) is 0 Å². The molecule has 1 aliphatic rings. The Labute approximate surface area is 448 Å². The van der Waals surface area contributed by atoms with Gasteiger partial charge in [0.2, 0.25) is 65.0 Å². The lowest BCUT2D eigenvalue weighted by Crippen LogP contribution is -2.61. The highest BCUT2D eigenvalue weighted by Gasteiger charge is 2.40. The molecule has 0 aromatic rings. The van der Waals surface area contributed by atoms with Crippen LogP contribution in [0.4, 0.5) is 0 Å². The number of aliphatic carboxylic acids is 4. The summed E-state index contributed by atoms with van der Waals surface area (Å²) in [6.07, 6.45) is -5.74. The van der Waals surface area contributed by atoms with Crippen molar-refractivity contribution in [3.05, 3.63) is 0 Å². The lowest BCUT2D eigenvalue weighted by atomic mass is 10.1. The van der Waals surface area contributed by atoms with Gasteiger partial charge < -0.3 is 106 Å². The van der Waals surface area contributed by atoms with E-state index in [1.807, 2.05) is 16.0 Å². The number of carboxylic acids is 4. The predicted molar refractivity (Wildman–Crippen MR) is 264 cm³/mol. The fraction of sp³-hybridized carbons (Fsp3) is 0.628. The fourth-order valence-electron chi connectivity index (χ4n) is 7.13. The molecule has 36 heteroatoms. The number of carboxylic acid groups (broad SMARTS) is 4. The number of carbonyl (C=O) groups is 15. The highest BCUT2D eigenvalue weighted by Crippen LogP contribution is 2.20. The van der Waals surface area contributed by atoms with Gasteiger partial charge in [0.05, 0.1) is 44.6 Å². The number of guanidine groups is 1. The summed E-state index contributed by atoms with van der Waals surface area (Å²) in [5.74, 6) is -18.9. The van der Waals surface area contributed by atoms with Gasteiger partial charge in [0.15, 0.2) is 5.96 Å². The second-order valence-corrected chi connectivity index (χ2v) is 17.8. The lowest BCUT2D eigenvalue weighted by molar-refractivity contribution is -0.144. The molecule has 0 aromatic heterocycles. The first-order valence-corrected chi connectivity index (χ1v) is 24.1. The van der Waals surface area contributed by atoms with Gasteiger partial charge in [-0.05, 0) is 52.9 Å². The number of hydrogen-bond donors (Lipinski definition) is 19. The molecule has 1 fully saturated rings. The average molecular weight is 1130 g/mol. The van der Waals surface area contributed by atoms with Gasteiger partial charge in [-0.1, -0.05) is 0 Å². The fourth-order valence-corrected chi connectivity index (χ4v) is 7.13. The quantitative estimate of drug-likeness (QED) is 0.0159. The second-order valence-electron chi connectivity index (χ2n) is 17.8. The number of carbonyl (C=O) groups excluding carboxylic acids is 11. The summed E-state index contributed by atoms with van der Waals surface area (Å²) in [5, 5.41) is 76.1. The summed E-state index contributed by atoms with van der Waals surface area (Å²) < 4.78 is 0. The predicted octanol–water partition coefficient (Wildman–Crippen LogP) is -10.5. The average Bonchev–Trinajstić information content (AvgIpc) is 3.85. The number of rotatable bonds is 35. The van der Waals surface area contributed by atoms with Crippen LogP contribution in [0.5, 0.6) is 0 Å². The number of hydrogen-bond acceptors (Lipinski definition) is 19. The van der Waals surface area contributed by atoms with Gasteiger partial charge in [0.25, 0.3) is 0 Å². The number of aliphatic hydroxyl groups is 2. The van der Waals surface area contributed by atoms with Crippen LogP contribution >= 0.6 is 0 Å². The van der Waals surface area contributed by atoms with Crippen LogP contribution in [0.3, 0.4) is 0 Å². The third kappa shape index (κ3) is 24.8. The van der Waals surface area contributed by atoms with E-state index in [2.05, 4.69) is 36.9 Å². The van der Waals surface area contributed by atoms with Crippen molar-refractivity contribution in [2.24, 2.45) is 27.9 Å². The molecule has 0 unspecified atom stereocenters. The number of primary amides is 1. The van der Waals surface area contributed by atoms with Crippen molar-refractivity contribution >= 4 is 94.8 Å². The van der Waals surface area contributed by atoms with Crippen molar-refractivity contribution < 1.29 is 103 Å². The molecule has 0 bridgehead atoms. The SMILES string of the molecule is C[C@H](NC(=O)[C@@H](NC(=O)[C@H](CC(=O)O)NC(=O)[C@H](CO)NC(=O)[C@H](C)NC(=O)[C@H](CCCN=C(N)N)NC(=O)CNC(=O)[C@H](CC(N)=O)NC(=O)[C@@H]1CCCN1C(=O)[C@H](CCC(=O)O)NC(=O)[C@@H](N)CC(=O)O)[C@@H](C)O)C(=O)O. The standard InChI is InChI=1S/C43H69N15O21/c1-17(33(69)56-25(16-59)38(74)54-24(14-31(67)68)37(73)57-32(19(3)60)40(76)51-18(2)42(78)79)50-36(72)21(6-4-10-48-43(46)47)52-28(62)15-49-35(71)23(13-27(45)61)55-39(75)26-7-5-11-58(26)41(77)22(8-9-29(63)64)53-34(70)20(44)12-30(65)66/h17-26,32,59-60H,4-16,44H2,1-3H3,(H2,45,61)(H,49,71)(H,50,72)(H,51,76)(H,52,62)(H,53,70)(H,54,74)(H,55,75)(H,56,69)(H,57,73)(H,63,64)(H,65,66)(H,67,68)(H,78,79)(H4,46,47,48)/t17-,18-,19+,20-,21-,22-,23-,24-,25-,26-,32-/m0/s1. The van der Waals surface area contributed by atoms with E-state index >= 15 is 0 Å². The van der Waals surface area contributed by atoms with Gasteiger partial charge in [0, 0.05) is 19.5 Å². The Morgan fingerprint density at radius 1 is 0.595 bits per heavy atom.